The molecule has 6 rings (SSSR count). The van der Waals surface area contributed by atoms with Gasteiger partial charge in [0.15, 0.2) is 0 Å². The number of rotatable bonds is 30. The molecule has 0 spiro atoms. The summed E-state index contributed by atoms with van der Waals surface area (Å²) in [6.07, 6.45) is 21.9. The van der Waals surface area contributed by atoms with Gasteiger partial charge < -0.3 is 18.9 Å². The standard InChI is InChI=1S/C59H67N5O6/c1-3-5-7-9-11-13-15-17-42-67-54-34-26-49(27-35-54)61-63-51-30-38-56(39-31-51)69-58(65)47-24-22-46(23-25-47)45-60-53-21-19-20-48(44-53)59(66)70-57-40-32-52(33-41-57)64-62-50-28-36-55(37-29-50)68-43-18-16-14-12-10-8-6-4-2/h19-41,44-45H,3-18,42-43H2,1-2H3. The predicted molar refractivity (Wildman–Crippen MR) is 280 cm³/mol. The van der Waals surface area contributed by atoms with Crippen molar-refractivity contribution in [3.8, 4) is 23.0 Å². The van der Waals surface area contributed by atoms with E-state index in [-0.39, 0.29) is 0 Å². The van der Waals surface area contributed by atoms with Crippen molar-refractivity contribution >= 4 is 46.6 Å². The Morgan fingerprint density at radius 1 is 0.386 bits per heavy atom. The van der Waals surface area contributed by atoms with E-state index in [4.69, 9.17) is 18.9 Å². The van der Waals surface area contributed by atoms with Crippen molar-refractivity contribution in [2.24, 2.45) is 25.4 Å². The molecule has 6 aromatic carbocycles. The van der Waals surface area contributed by atoms with Gasteiger partial charge in [-0.3, -0.25) is 4.99 Å². The smallest absolute Gasteiger partial charge is 0.343 e. The molecule has 11 heteroatoms. The summed E-state index contributed by atoms with van der Waals surface area (Å²) in [5, 5.41) is 17.3. The Morgan fingerprint density at radius 3 is 1.17 bits per heavy atom. The zero-order chi connectivity index (χ0) is 48.9. The average molecular weight is 942 g/mol. The lowest BCUT2D eigenvalue weighted by atomic mass is 10.1. The predicted octanol–water partition coefficient (Wildman–Crippen LogP) is 17.7. The molecule has 0 aliphatic carbocycles. The van der Waals surface area contributed by atoms with E-state index >= 15 is 0 Å². The van der Waals surface area contributed by atoms with Crippen LogP contribution in [0.15, 0.2) is 171 Å². The Labute approximate surface area is 414 Å². The molecule has 0 bridgehead atoms. The Balaban J connectivity index is 0.884. The topological polar surface area (TPSA) is 133 Å². The van der Waals surface area contributed by atoms with Crippen LogP contribution in [0.4, 0.5) is 28.4 Å². The molecule has 0 unspecified atom stereocenters. The van der Waals surface area contributed by atoms with Crippen LogP contribution in [0.2, 0.25) is 0 Å². The lowest BCUT2D eigenvalue weighted by molar-refractivity contribution is 0.0725. The minimum Gasteiger partial charge on any atom is -0.494 e. The number of esters is 2. The highest BCUT2D eigenvalue weighted by molar-refractivity contribution is 5.93. The molecule has 0 N–H and O–H groups in total. The Hall–Kier alpha value is -7.27. The van der Waals surface area contributed by atoms with Gasteiger partial charge in [-0.2, -0.15) is 20.5 Å². The first-order chi connectivity index (χ1) is 34.4. The van der Waals surface area contributed by atoms with E-state index in [9.17, 15) is 9.59 Å². The zero-order valence-corrected chi connectivity index (χ0v) is 40.8. The summed E-state index contributed by atoms with van der Waals surface area (Å²) >= 11 is 0. The molecule has 0 atom stereocenters. The van der Waals surface area contributed by atoms with Crippen LogP contribution < -0.4 is 18.9 Å². The van der Waals surface area contributed by atoms with E-state index < -0.39 is 11.9 Å². The number of benzene rings is 6. The second-order valence-electron chi connectivity index (χ2n) is 17.2. The first kappa shape index (κ1) is 52.1. The van der Waals surface area contributed by atoms with Gasteiger partial charge in [-0.15, -0.1) is 0 Å². The van der Waals surface area contributed by atoms with Crippen LogP contribution >= 0.6 is 0 Å². The minimum absolute atomic E-state index is 0.345. The summed E-state index contributed by atoms with van der Waals surface area (Å²) in [4.78, 5) is 30.5. The highest BCUT2D eigenvalue weighted by Crippen LogP contribution is 2.26. The lowest BCUT2D eigenvalue weighted by Gasteiger charge is -2.06. The number of ether oxygens (including phenoxy) is 4. The normalized spacial score (nSPS) is 11.4. The summed E-state index contributed by atoms with van der Waals surface area (Å²) in [7, 11) is 0. The van der Waals surface area contributed by atoms with Crippen LogP contribution in [0.5, 0.6) is 23.0 Å². The number of carbonyl (C=O) groups excluding carboxylic acids is 2. The molecule has 70 heavy (non-hydrogen) atoms. The number of nitrogens with zero attached hydrogens (tertiary/aromatic N) is 5. The Bertz CT molecular complexity index is 2540. The van der Waals surface area contributed by atoms with Crippen molar-refractivity contribution in [2.45, 2.75) is 117 Å². The lowest BCUT2D eigenvalue weighted by Crippen LogP contribution is -2.08. The molecule has 0 fully saturated rings. The third-order valence-electron chi connectivity index (χ3n) is 11.5. The fourth-order valence-electron chi connectivity index (χ4n) is 7.36. The Kier molecular flexibility index (Phi) is 22.5. The summed E-state index contributed by atoms with van der Waals surface area (Å²) < 4.78 is 23.0. The molecule has 0 amide bonds. The van der Waals surface area contributed by atoms with Crippen LogP contribution in [0, 0.1) is 0 Å². The SMILES string of the molecule is CCCCCCCCCCOc1ccc(N=Nc2ccc(OC(=O)c3ccc(C=Nc4cccc(C(=O)Oc5ccc(N=Nc6ccc(OCCCCCCCCCC)cc6)cc5)c4)cc3)cc2)cc1. The fraction of sp³-hybridized carbons (Fsp3) is 0.339. The van der Waals surface area contributed by atoms with Gasteiger partial charge in [0, 0.05) is 6.21 Å². The van der Waals surface area contributed by atoms with Crippen LogP contribution in [0.25, 0.3) is 0 Å². The van der Waals surface area contributed by atoms with Gasteiger partial charge in [0.25, 0.3) is 0 Å². The molecule has 0 saturated heterocycles. The van der Waals surface area contributed by atoms with Gasteiger partial charge in [-0.1, -0.05) is 122 Å². The Morgan fingerprint density at radius 2 is 0.757 bits per heavy atom. The molecule has 0 radical (unpaired) electrons. The molecule has 0 saturated carbocycles. The highest BCUT2D eigenvalue weighted by atomic mass is 16.5. The van der Waals surface area contributed by atoms with Crippen molar-refractivity contribution in [1.29, 1.82) is 0 Å². The van der Waals surface area contributed by atoms with E-state index in [1.807, 2.05) is 48.5 Å². The molecular formula is C59H67N5O6. The maximum absolute atomic E-state index is 13.0. The second-order valence-corrected chi connectivity index (χ2v) is 17.2. The van der Waals surface area contributed by atoms with Crippen LogP contribution in [0.3, 0.4) is 0 Å². The van der Waals surface area contributed by atoms with Crippen LogP contribution in [-0.2, 0) is 0 Å². The third-order valence-corrected chi connectivity index (χ3v) is 11.5. The third kappa shape index (κ3) is 19.4. The summed E-state index contributed by atoms with van der Waals surface area (Å²) in [6, 6.07) is 42.5. The van der Waals surface area contributed by atoms with E-state index in [2.05, 4.69) is 39.3 Å². The van der Waals surface area contributed by atoms with Crippen LogP contribution in [-0.4, -0.2) is 31.4 Å². The van der Waals surface area contributed by atoms with Gasteiger partial charge in [0.05, 0.1) is 52.8 Å². The van der Waals surface area contributed by atoms with E-state index in [1.165, 1.54) is 89.9 Å². The molecular weight excluding hydrogens is 875 g/mol. The summed E-state index contributed by atoms with van der Waals surface area (Å²) in [5.74, 6) is 1.40. The summed E-state index contributed by atoms with van der Waals surface area (Å²) in [5.41, 5.74) is 4.71. The van der Waals surface area contributed by atoms with Gasteiger partial charge >= 0.3 is 11.9 Å². The van der Waals surface area contributed by atoms with E-state index in [0.717, 1.165) is 29.9 Å². The zero-order valence-electron chi connectivity index (χ0n) is 40.8. The number of carbonyl (C=O) groups is 2. The molecule has 0 heterocycles. The fourth-order valence-corrected chi connectivity index (χ4v) is 7.36. The van der Waals surface area contributed by atoms with E-state index in [1.54, 1.807) is 103 Å². The first-order valence-electron chi connectivity index (χ1n) is 25.1. The van der Waals surface area contributed by atoms with Crippen molar-refractivity contribution < 1.29 is 28.5 Å². The minimum atomic E-state index is -0.519. The molecule has 6 aromatic rings. The van der Waals surface area contributed by atoms with Gasteiger partial charge in [0.1, 0.15) is 23.0 Å². The van der Waals surface area contributed by atoms with Crippen LogP contribution in [0.1, 0.15) is 143 Å². The van der Waals surface area contributed by atoms with Crippen molar-refractivity contribution in [2.75, 3.05) is 13.2 Å². The highest BCUT2D eigenvalue weighted by Gasteiger charge is 2.11. The van der Waals surface area contributed by atoms with Gasteiger partial charge in [-0.05, 0) is 146 Å². The number of unbranched alkanes of at least 4 members (excludes halogenated alkanes) is 14. The summed E-state index contributed by atoms with van der Waals surface area (Å²) in [6.45, 7) is 5.92. The largest absolute Gasteiger partial charge is 0.494 e. The van der Waals surface area contributed by atoms with Crippen molar-refractivity contribution in [1.82, 2.24) is 0 Å². The quantitative estimate of drug-likeness (QED) is 0.0145. The number of hydrogen-bond acceptors (Lipinski definition) is 11. The van der Waals surface area contributed by atoms with Gasteiger partial charge in [0.2, 0.25) is 0 Å². The number of azo groups is 2. The first-order valence-corrected chi connectivity index (χ1v) is 25.1. The second kappa shape index (κ2) is 30.3. The van der Waals surface area contributed by atoms with Crippen molar-refractivity contribution in [3.05, 3.63) is 162 Å². The maximum atomic E-state index is 13.0. The molecule has 0 aliphatic heterocycles. The molecule has 364 valence electrons. The van der Waals surface area contributed by atoms with E-state index in [0.29, 0.717) is 64.3 Å². The monoisotopic (exact) mass is 942 g/mol. The molecule has 11 nitrogen and oxygen atoms in total. The average Bonchev–Trinajstić information content (AvgIpc) is 3.40. The molecule has 0 aromatic heterocycles. The maximum Gasteiger partial charge on any atom is 0.343 e. The van der Waals surface area contributed by atoms with Gasteiger partial charge in [-0.25, -0.2) is 9.59 Å². The number of aliphatic imine (C=N–C) groups is 1. The molecule has 0 aliphatic rings. The van der Waals surface area contributed by atoms with Crippen molar-refractivity contribution in [3.63, 3.8) is 0 Å². The number of hydrogen-bond donors (Lipinski definition) is 0.